The van der Waals surface area contributed by atoms with Crippen molar-refractivity contribution in [1.29, 1.82) is 0 Å². The highest BCUT2D eigenvalue weighted by molar-refractivity contribution is 7.34. The van der Waals surface area contributed by atoms with Gasteiger partial charge in [-0.25, -0.2) is 4.39 Å². The smallest absolute Gasteiger partial charge is 0.397 e. The van der Waals surface area contributed by atoms with E-state index in [1.54, 1.807) is 0 Å². The average molecular weight is 363 g/mol. The van der Waals surface area contributed by atoms with Crippen LogP contribution < -0.4 is 10.1 Å². The zero-order chi connectivity index (χ0) is 17.0. The first-order valence-corrected chi connectivity index (χ1v) is 8.51. The molecule has 0 spiro atoms. The summed E-state index contributed by atoms with van der Waals surface area (Å²) in [6.07, 6.45) is -0.000927. The molecule has 5 nitrogen and oxygen atoms in total. The molecule has 1 atom stereocenters. The fraction of sp³-hybridized carbons (Fsp3) is 0.357. The highest BCUT2D eigenvalue weighted by atomic mass is 35.5. The van der Waals surface area contributed by atoms with Crippen molar-refractivity contribution in [2.75, 3.05) is 0 Å². The molecule has 124 valence electrons. The van der Waals surface area contributed by atoms with E-state index in [1.807, 2.05) is 13.8 Å². The molecule has 23 heavy (non-hydrogen) atoms. The number of alkyl halides is 1. The predicted molar refractivity (Wildman–Crippen MR) is 84.1 cm³/mol. The number of aromatic nitrogens is 2. The van der Waals surface area contributed by atoms with E-state index in [4.69, 9.17) is 16.3 Å². The third-order valence-electron chi connectivity index (χ3n) is 2.76. The van der Waals surface area contributed by atoms with Crippen molar-refractivity contribution in [3.8, 4) is 10.9 Å². The number of nitrogens with one attached hydrogen (secondary N) is 1. The molecule has 0 aliphatic carbocycles. The third kappa shape index (κ3) is 4.59. The molecule has 0 aliphatic heterocycles. The van der Waals surface area contributed by atoms with Crippen LogP contribution in [-0.2, 0) is 17.2 Å². The number of hydrogen-bond donors (Lipinski definition) is 1. The van der Waals surface area contributed by atoms with Gasteiger partial charge < -0.3 is 10.1 Å². The van der Waals surface area contributed by atoms with Gasteiger partial charge in [0, 0.05) is 29.3 Å². The van der Waals surface area contributed by atoms with E-state index in [9.17, 15) is 13.6 Å². The van der Waals surface area contributed by atoms with E-state index in [0.717, 1.165) is 6.07 Å². The highest BCUT2D eigenvalue weighted by Gasteiger charge is 2.27. The molecule has 0 radical (unpaired) electrons. The number of nitrogens with zero attached hydrogens (tertiary/aromatic N) is 2. The standard InChI is InChI=1S/C14H14ClF2N3O2S/c1-8(2)18-12(21)5-9-3-4-10(17)6-11(9)22-14-20-19-13(15)23(14)7-16/h3-4,6,8H,5,7H2,1-2H3/p+1. The van der Waals surface area contributed by atoms with E-state index in [1.165, 1.54) is 12.1 Å². The summed E-state index contributed by atoms with van der Waals surface area (Å²) in [7, 11) is -1.20. The molecule has 1 unspecified atom stereocenters. The highest BCUT2D eigenvalue weighted by Crippen LogP contribution is 2.40. The Kier molecular flexibility index (Phi) is 5.84. The van der Waals surface area contributed by atoms with Gasteiger partial charge in [0.1, 0.15) is 22.0 Å². The minimum Gasteiger partial charge on any atom is -0.397 e. The summed E-state index contributed by atoms with van der Waals surface area (Å²) in [6, 6.07) is 2.96. The molecular formula is C14H15ClF2N3O2S+. The molecule has 0 saturated heterocycles. The van der Waals surface area contributed by atoms with Gasteiger partial charge in [-0.15, -0.1) is 0 Å². The number of carbonyl (C=O) groups is 1. The number of ether oxygens (including phenoxy) is 1. The quantitative estimate of drug-likeness (QED) is 0.794. The van der Waals surface area contributed by atoms with E-state index < -0.39 is 22.3 Å². The predicted octanol–water partition coefficient (Wildman–Crippen LogP) is 3.80. The van der Waals surface area contributed by atoms with Crippen molar-refractivity contribution in [3.05, 3.63) is 34.0 Å². The SMILES string of the molecule is CC(C)NC(=O)Cc1ccc(F)cc1Oc1nnc(Cl)[s+]1CF. The van der Waals surface area contributed by atoms with Crippen LogP contribution in [0.25, 0.3) is 0 Å². The molecule has 0 bridgehead atoms. The summed E-state index contributed by atoms with van der Waals surface area (Å²) >= 11 is 5.74. The maximum absolute atomic E-state index is 13.5. The van der Waals surface area contributed by atoms with E-state index in [2.05, 4.69) is 15.5 Å². The lowest BCUT2D eigenvalue weighted by Crippen LogP contribution is -2.31. The fourth-order valence-corrected chi connectivity index (χ4v) is 2.98. The van der Waals surface area contributed by atoms with E-state index in [-0.39, 0.29) is 33.8 Å². The molecule has 0 fully saturated rings. The van der Waals surface area contributed by atoms with Crippen LogP contribution in [0.4, 0.5) is 8.78 Å². The zero-order valence-electron chi connectivity index (χ0n) is 12.5. The first kappa shape index (κ1) is 17.6. The Morgan fingerprint density at radius 3 is 2.83 bits per heavy atom. The van der Waals surface area contributed by atoms with Crippen LogP contribution in [0.2, 0.25) is 4.47 Å². The van der Waals surface area contributed by atoms with Crippen molar-refractivity contribution in [1.82, 2.24) is 15.5 Å². The van der Waals surface area contributed by atoms with Gasteiger partial charge >= 0.3 is 9.66 Å². The molecule has 1 amide bonds. The molecule has 1 aromatic carbocycles. The van der Waals surface area contributed by atoms with Crippen LogP contribution in [0.15, 0.2) is 18.2 Å². The topological polar surface area (TPSA) is 64.1 Å². The van der Waals surface area contributed by atoms with Gasteiger partial charge in [-0.1, -0.05) is 16.3 Å². The fourth-order valence-electron chi connectivity index (χ4n) is 1.82. The third-order valence-corrected chi connectivity index (χ3v) is 4.69. The minimum atomic E-state index is -1.20. The van der Waals surface area contributed by atoms with E-state index in [0.29, 0.717) is 5.56 Å². The van der Waals surface area contributed by atoms with Crippen LogP contribution in [-0.4, -0.2) is 22.1 Å². The second-order valence-corrected chi connectivity index (χ2v) is 7.29. The van der Waals surface area contributed by atoms with Crippen molar-refractivity contribution in [2.24, 2.45) is 0 Å². The number of benzene rings is 1. The van der Waals surface area contributed by atoms with Gasteiger partial charge in [-0.2, -0.15) is 4.39 Å². The summed E-state index contributed by atoms with van der Waals surface area (Å²) in [5.41, 5.74) is 0.456. The molecule has 9 heteroatoms. The van der Waals surface area contributed by atoms with Crippen LogP contribution in [0.3, 0.4) is 0 Å². The normalized spacial score (nSPS) is 11.7. The maximum atomic E-state index is 13.5. The van der Waals surface area contributed by atoms with Gasteiger partial charge in [-0.3, -0.25) is 4.79 Å². The van der Waals surface area contributed by atoms with Gasteiger partial charge in [0.25, 0.3) is 6.01 Å². The Bertz CT molecular complexity index is 709. The molecular weight excluding hydrogens is 348 g/mol. The van der Waals surface area contributed by atoms with Gasteiger partial charge in [-0.05, 0) is 19.9 Å². The molecule has 2 aromatic rings. The van der Waals surface area contributed by atoms with Gasteiger partial charge in [0.15, 0.2) is 0 Å². The van der Waals surface area contributed by atoms with Crippen molar-refractivity contribution in [2.45, 2.75) is 32.3 Å². The summed E-state index contributed by atoms with van der Waals surface area (Å²) in [6.45, 7) is 3.67. The molecule has 2 rings (SSSR count). The lowest BCUT2D eigenvalue weighted by Gasteiger charge is -2.10. The maximum Gasteiger partial charge on any atom is 0.464 e. The van der Waals surface area contributed by atoms with Crippen molar-refractivity contribution < 1.29 is 18.3 Å². The minimum absolute atomic E-state index is 0.000927. The van der Waals surface area contributed by atoms with Crippen molar-refractivity contribution in [3.63, 3.8) is 0 Å². The van der Waals surface area contributed by atoms with Crippen LogP contribution >= 0.6 is 22.1 Å². The lowest BCUT2D eigenvalue weighted by atomic mass is 10.1. The van der Waals surface area contributed by atoms with Crippen LogP contribution in [0.5, 0.6) is 10.9 Å². The number of rotatable bonds is 6. The Labute approximate surface area is 139 Å². The second kappa shape index (κ2) is 7.65. The van der Waals surface area contributed by atoms with E-state index >= 15 is 0 Å². The monoisotopic (exact) mass is 362 g/mol. The van der Waals surface area contributed by atoms with Crippen LogP contribution in [0, 0.1) is 5.82 Å². The second-order valence-electron chi connectivity index (χ2n) is 4.97. The molecule has 1 heterocycles. The molecule has 1 N–H and O–H groups in total. The van der Waals surface area contributed by atoms with Crippen molar-refractivity contribution >= 4 is 28.0 Å². The summed E-state index contributed by atoms with van der Waals surface area (Å²) < 4.78 is 31.9. The Balaban J connectivity index is 2.26. The summed E-state index contributed by atoms with van der Waals surface area (Å²) in [5.74, 6) is -0.683. The Morgan fingerprint density at radius 1 is 1.43 bits per heavy atom. The Morgan fingerprint density at radius 2 is 2.17 bits per heavy atom. The first-order valence-electron chi connectivity index (χ1n) is 6.74. The molecule has 1 aromatic heterocycles. The number of amides is 1. The van der Waals surface area contributed by atoms with Crippen LogP contribution in [0.1, 0.15) is 19.4 Å². The average Bonchev–Trinajstić information content (AvgIpc) is 2.81. The van der Waals surface area contributed by atoms with Gasteiger partial charge in [0.05, 0.1) is 6.42 Å². The first-order chi connectivity index (χ1) is 10.9. The summed E-state index contributed by atoms with van der Waals surface area (Å²) in [4.78, 5) is 11.9. The Hall–Kier alpha value is -1.80. The lowest BCUT2D eigenvalue weighted by molar-refractivity contribution is -0.120. The summed E-state index contributed by atoms with van der Waals surface area (Å²) in [5, 5.41) is 9.92. The largest absolute Gasteiger partial charge is 0.464 e. The number of carbonyl (C=O) groups excluding carboxylic acids is 1. The van der Waals surface area contributed by atoms with Gasteiger partial charge in [0.2, 0.25) is 5.91 Å². The number of hydrogen-bond acceptors (Lipinski definition) is 4. The molecule has 0 saturated carbocycles. The zero-order valence-corrected chi connectivity index (χ0v) is 14.0. The number of halogens is 3. The molecule has 0 aliphatic rings.